The molecule has 3 aromatic rings. The highest BCUT2D eigenvalue weighted by Crippen LogP contribution is 2.43. The number of pyridine rings is 1. The van der Waals surface area contributed by atoms with E-state index in [1.165, 1.54) is 6.33 Å². The Bertz CT molecular complexity index is 1200. The summed E-state index contributed by atoms with van der Waals surface area (Å²) in [5.41, 5.74) is 14.2. The molecule has 1 aromatic carbocycles. The number of nitrogens with two attached hydrogens (primary N) is 2. The first-order valence-electron chi connectivity index (χ1n) is 10.6. The average Bonchev–Trinajstić information content (AvgIpc) is 3.37. The molecule has 0 saturated carbocycles. The van der Waals surface area contributed by atoms with Gasteiger partial charge in [-0.25, -0.2) is 4.98 Å². The Balaban J connectivity index is 1.59. The fourth-order valence-corrected chi connectivity index (χ4v) is 5.39. The highest BCUT2D eigenvalue weighted by Gasteiger charge is 2.47. The molecule has 2 aromatic heterocycles. The Morgan fingerprint density at radius 3 is 2.69 bits per heavy atom. The SMILES string of the molecule is CC1OCC2(CCN(c3cc(C(N)=O)c(-c4cccc(Cl)c4Cl)c4ncnn34)CC2)[C@@H]1N. The molecule has 1 unspecified atom stereocenters. The molecule has 168 valence electrons. The lowest BCUT2D eigenvalue weighted by Crippen LogP contribution is -2.51. The number of aromatic nitrogens is 3. The maximum absolute atomic E-state index is 12.5. The molecule has 2 fully saturated rings. The third-order valence-corrected chi connectivity index (χ3v) is 7.77. The van der Waals surface area contributed by atoms with Gasteiger partial charge in [-0.05, 0) is 31.9 Å². The number of anilines is 1. The molecule has 5 rings (SSSR count). The van der Waals surface area contributed by atoms with Gasteiger partial charge < -0.3 is 21.1 Å². The van der Waals surface area contributed by atoms with E-state index in [1.807, 2.05) is 6.92 Å². The van der Waals surface area contributed by atoms with E-state index in [2.05, 4.69) is 15.0 Å². The molecule has 32 heavy (non-hydrogen) atoms. The van der Waals surface area contributed by atoms with E-state index in [1.54, 1.807) is 28.8 Å². The van der Waals surface area contributed by atoms with Crippen molar-refractivity contribution >= 4 is 40.6 Å². The van der Waals surface area contributed by atoms with E-state index in [4.69, 9.17) is 39.4 Å². The molecule has 1 amide bonds. The summed E-state index contributed by atoms with van der Waals surface area (Å²) in [7, 11) is 0. The van der Waals surface area contributed by atoms with Crippen LogP contribution in [0.15, 0.2) is 30.6 Å². The number of hydrogen-bond donors (Lipinski definition) is 2. The number of fused-ring (bicyclic) bond motifs is 1. The minimum Gasteiger partial charge on any atom is -0.376 e. The molecule has 0 radical (unpaired) electrons. The zero-order valence-electron chi connectivity index (χ0n) is 17.6. The van der Waals surface area contributed by atoms with Crippen molar-refractivity contribution in [3.05, 3.63) is 46.2 Å². The van der Waals surface area contributed by atoms with Gasteiger partial charge in [0.1, 0.15) is 12.1 Å². The zero-order valence-corrected chi connectivity index (χ0v) is 19.1. The first-order valence-corrected chi connectivity index (χ1v) is 11.3. The van der Waals surface area contributed by atoms with Gasteiger partial charge in [0.25, 0.3) is 0 Å². The second-order valence-electron chi connectivity index (χ2n) is 8.64. The van der Waals surface area contributed by atoms with E-state index < -0.39 is 5.91 Å². The standard InChI is InChI=1S/C22H24Cl2N6O2/c1-12-19(25)22(10-32-12)5-7-29(8-6-22)16-9-14(20(26)31)17(21-27-11-28-30(16)21)13-3-2-4-15(23)18(13)24/h2-4,9,11-12,19H,5-8,10,25H2,1H3,(H2,26,31)/t12?,19-/m1/s1. The fraction of sp³-hybridized carbons (Fsp3) is 0.409. The first kappa shape index (κ1) is 21.5. The molecule has 0 aliphatic carbocycles. The number of piperidine rings is 1. The van der Waals surface area contributed by atoms with Crippen LogP contribution in [0.1, 0.15) is 30.1 Å². The maximum Gasteiger partial charge on any atom is 0.249 e. The van der Waals surface area contributed by atoms with Crippen LogP contribution >= 0.6 is 23.2 Å². The predicted octanol–water partition coefficient (Wildman–Crippen LogP) is 3.13. The Morgan fingerprint density at radius 2 is 2.03 bits per heavy atom. The second-order valence-corrected chi connectivity index (χ2v) is 9.43. The van der Waals surface area contributed by atoms with Crippen molar-refractivity contribution < 1.29 is 9.53 Å². The van der Waals surface area contributed by atoms with E-state index in [-0.39, 0.29) is 17.6 Å². The third kappa shape index (κ3) is 3.25. The van der Waals surface area contributed by atoms with Crippen molar-refractivity contribution in [1.29, 1.82) is 0 Å². The number of benzene rings is 1. The number of hydrogen-bond acceptors (Lipinski definition) is 6. The van der Waals surface area contributed by atoms with Crippen molar-refractivity contribution in [1.82, 2.24) is 14.6 Å². The number of carbonyl (C=O) groups excluding carboxylic acids is 1. The van der Waals surface area contributed by atoms with Crippen molar-refractivity contribution in [2.75, 3.05) is 24.6 Å². The minimum absolute atomic E-state index is 0.0157. The second kappa shape index (κ2) is 7.88. The largest absolute Gasteiger partial charge is 0.376 e. The van der Waals surface area contributed by atoms with Gasteiger partial charge in [-0.2, -0.15) is 9.61 Å². The summed E-state index contributed by atoms with van der Waals surface area (Å²) in [5.74, 6) is 0.180. The van der Waals surface area contributed by atoms with Gasteiger partial charge >= 0.3 is 0 Å². The predicted molar refractivity (Wildman–Crippen MR) is 124 cm³/mol. The summed E-state index contributed by atoms with van der Waals surface area (Å²) >= 11 is 12.7. The molecular weight excluding hydrogens is 451 g/mol. The van der Waals surface area contributed by atoms with Gasteiger partial charge in [-0.3, -0.25) is 4.79 Å². The van der Waals surface area contributed by atoms with Crippen LogP contribution in [0, 0.1) is 5.41 Å². The van der Waals surface area contributed by atoms with Crippen LogP contribution in [0.3, 0.4) is 0 Å². The monoisotopic (exact) mass is 474 g/mol. The highest BCUT2D eigenvalue weighted by molar-refractivity contribution is 6.44. The minimum atomic E-state index is -0.573. The Labute approximate surface area is 195 Å². The maximum atomic E-state index is 12.5. The number of amides is 1. The lowest BCUT2D eigenvalue weighted by Gasteiger charge is -2.42. The molecule has 4 N–H and O–H groups in total. The van der Waals surface area contributed by atoms with Gasteiger partial charge in [-0.15, -0.1) is 0 Å². The van der Waals surface area contributed by atoms with Crippen LogP contribution < -0.4 is 16.4 Å². The molecule has 8 nitrogen and oxygen atoms in total. The summed E-state index contributed by atoms with van der Waals surface area (Å²) in [5, 5.41) is 5.15. The van der Waals surface area contributed by atoms with Gasteiger partial charge in [0, 0.05) is 35.7 Å². The highest BCUT2D eigenvalue weighted by atomic mass is 35.5. The first-order chi connectivity index (χ1) is 15.3. The topological polar surface area (TPSA) is 112 Å². The Hall–Kier alpha value is -2.39. The van der Waals surface area contributed by atoms with E-state index in [9.17, 15) is 4.79 Å². The Kier molecular flexibility index (Phi) is 5.28. The number of halogens is 2. The van der Waals surface area contributed by atoms with E-state index in [0.717, 1.165) is 31.7 Å². The quantitative estimate of drug-likeness (QED) is 0.602. The van der Waals surface area contributed by atoms with Crippen LogP contribution in [0.5, 0.6) is 0 Å². The molecule has 4 heterocycles. The molecule has 10 heteroatoms. The van der Waals surface area contributed by atoms with Crippen LogP contribution in [0.25, 0.3) is 16.8 Å². The van der Waals surface area contributed by atoms with Crippen LogP contribution in [0.2, 0.25) is 10.0 Å². The molecular formula is C22H24Cl2N6O2. The fourth-order valence-electron chi connectivity index (χ4n) is 5.00. The molecule has 2 aliphatic heterocycles. The van der Waals surface area contributed by atoms with Crippen molar-refractivity contribution in [2.45, 2.75) is 31.9 Å². The Morgan fingerprint density at radius 1 is 1.28 bits per heavy atom. The lowest BCUT2D eigenvalue weighted by molar-refractivity contribution is 0.0974. The summed E-state index contributed by atoms with van der Waals surface area (Å²) in [4.78, 5) is 19.1. The summed E-state index contributed by atoms with van der Waals surface area (Å²) in [6.07, 6.45) is 3.30. The van der Waals surface area contributed by atoms with Crippen LogP contribution in [-0.2, 0) is 4.74 Å². The van der Waals surface area contributed by atoms with Gasteiger partial charge in [0.2, 0.25) is 5.91 Å². The number of rotatable bonds is 3. The third-order valence-electron chi connectivity index (χ3n) is 6.95. The van der Waals surface area contributed by atoms with Crippen molar-refractivity contribution in [3.8, 4) is 11.1 Å². The molecule has 2 saturated heterocycles. The molecule has 0 bridgehead atoms. The average molecular weight is 475 g/mol. The molecule has 2 atom stereocenters. The van der Waals surface area contributed by atoms with Crippen LogP contribution in [-0.4, -0.2) is 52.3 Å². The van der Waals surface area contributed by atoms with Crippen molar-refractivity contribution in [3.63, 3.8) is 0 Å². The zero-order chi connectivity index (χ0) is 22.6. The van der Waals surface area contributed by atoms with Gasteiger partial charge in [0.15, 0.2) is 5.65 Å². The lowest BCUT2D eigenvalue weighted by atomic mass is 9.73. The number of nitrogens with zero attached hydrogens (tertiary/aromatic N) is 4. The summed E-state index contributed by atoms with van der Waals surface area (Å²) in [6, 6.07) is 7.03. The molecule has 2 aliphatic rings. The van der Waals surface area contributed by atoms with Gasteiger partial charge in [0.05, 0.1) is 28.3 Å². The molecule has 1 spiro atoms. The summed E-state index contributed by atoms with van der Waals surface area (Å²) in [6.45, 7) is 4.23. The summed E-state index contributed by atoms with van der Waals surface area (Å²) < 4.78 is 7.56. The smallest absolute Gasteiger partial charge is 0.249 e. The number of carbonyl (C=O) groups is 1. The van der Waals surface area contributed by atoms with E-state index >= 15 is 0 Å². The number of primary amides is 1. The van der Waals surface area contributed by atoms with E-state index in [0.29, 0.717) is 39.0 Å². The number of ether oxygens (including phenoxy) is 1. The van der Waals surface area contributed by atoms with Gasteiger partial charge in [-0.1, -0.05) is 35.3 Å². The van der Waals surface area contributed by atoms with Crippen LogP contribution in [0.4, 0.5) is 5.82 Å². The van der Waals surface area contributed by atoms with Crippen molar-refractivity contribution in [2.24, 2.45) is 16.9 Å². The normalized spacial score (nSPS) is 22.7.